The molecule has 7 heteroatoms. The molecule has 6 nitrogen and oxygen atoms in total. The van der Waals surface area contributed by atoms with Crippen molar-refractivity contribution in [2.75, 3.05) is 32.6 Å². The molecule has 2 amide bonds. The standard InChI is InChI=1S/C17H25N3O3S/c1-23-9-8-19-16(21)11-24-15-5-3-2-4-13(15)17(22)20-14(10-18)12-6-7-12/h2-5,12,14H,6-11,18H2,1H3,(H,19,21)(H,20,22). The quantitative estimate of drug-likeness (QED) is 0.432. The minimum atomic E-state index is -0.125. The van der Waals surface area contributed by atoms with Crippen LogP contribution in [0.1, 0.15) is 23.2 Å². The van der Waals surface area contributed by atoms with E-state index in [2.05, 4.69) is 10.6 Å². The molecule has 1 aromatic carbocycles. The Morgan fingerprint density at radius 1 is 1.38 bits per heavy atom. The number of nitrogens with two attached hydrogens (primary N) is 1. The molecule has 0 heterocycles. The minimum absolute atomic E-state index is 0.0351. The molecule has 1 fully saturated rings. The lowest BCUT2D eigenvalue weighted by Gasteiger charge is -2.17. The number of carbonyl (C=O) groups is 2. The molecule has 0 bridgehead atoms. The summed E-state index contributed by atoms with van der Waals surface area (Å²) in [7, 11) is 1.59. The Morgan fingerprint density at radius 2 is 2.12 bits per heavy atom. The van der Waals surface area contributed by atoms with Gasteiger partial charge in [-0.05, 0) is 30.9 Å². The van der Waals surface area contributed by atoms with Crippen LogP contribution in [-0.2, 0) is 9.53 Å². The Kier molecular flexibility index (Phi) is 7.55. The van der Waals surface area contributed by atoms with E-state index in [4.69, 9.17) is 10.5 Å². The third kappa shape index (κ3) is 5.81. The summed E-state index contributed by atoms with van der Waals surface area (Å²) in [6, 6.07) is 7.36. The highest BCUT2D eigenvalue weighted by molar-refractivity contribution is 8.00. The maximum absolute atomic E-state index is 12.5. The number of rotatable bonds is 10. The van der Waals surface area contributed by atoms with Gasteiger partial charge in [0.05, 0.1) is 17.9 Å². The maximum Gasteiger partial charge on any atom is 0.252 e. The van der Waals surface area contributed by atoms with Crippen LogP contribution in [0.2, 0.25) is 0 Å². The molecule has 24 heavy (non-hydrogen) atoms. The molecule has 0 aliphatic heterocycles. The van der Waals surface area contributed by atoms with E-state index in [1.54, 1.807) is 13.2 Å². The van der Waals surface area contributed by atoms with E-state index in [1.165, 1.54) is 11.8 Å². The van der Waals surface area contributed by atoms with Gasteiger partial charge in [-0.1, -0.05) is 12.1 Å². The first-order valence-electron chi connectivity index (χ1n) is 8.14. The first kappa shape index (κ1) is 18.8. The fourth-order valence-corrected chi connectivity index (χ4v) is 3.26. The van der Waals surface area contributed by atoms with Crippen molar-refractivity contribution >= 4 is 23.6 Å². The summed E-state index contributed by atoms with van der Waals surface area (Å²) in [5.41, 5.74) is 6.34. The molecule has 1 saturated carbocycles. The van der Waals surface area contributed by atoms with Crippen molar-refractivity contribution < 1.29 is 14.3 Å². The highest BCUT2D eigenvalue weighted by Gasteiger charge is 2.31. The molecule has 1 aromatic rings. The Bertz CT molecular complexity index is 564. The van der Waals surface area contributed by atoms with Gasteiger partial charge < -0.3 is 21.1 Å². The van der Waals surface area contributed by atoms with Gasteiger partial charge in [-0.15, -0.1) is 11.8 Å². The second-order valence-electron chi connectivity index (χ2n) is 5.78. The van der Waals surface area contributed by atoms with E-state index in [1.807, 2.05) is 18.2 Å². The number of nitrogens with one attached hydrogen (secondary N) is 2. The zero-order chi connectivity index (χ0) is 17.4. The van der Waals surface area contributed by atoms with Gasteiger partial charge in [0.1, 0.15) is 0 Å². The van der Waals surface area contributed by atoms with E-state index in [0.717, 1.165) is 17.7 Å². The molecule has 2 rings (SSSR count). The Labute approximate surface area is 146 Å². The van der Waals surface area contributed by atoms with E-state index < -0.39 is 0 Å². The van der Waals surface area contributed by atoms with Crippen molar-refractivity contribution in [3.8, 4) is 0 Å². The van der Waals surface area contributed by atoms with Gasteiger partial charge in [0, 0.05) is 31.1 Å². The zero-order valence-corrected chi connectivity index (χ0v) is 14.7. The van der Waals surface area contributed by atoms with Gasteiger partial charge in [-0.25, -0.2) is 0 Å². The average molecular weight is 351 g/mol. The molecule has 0 saturated heterocycles. The summed E-state index contributed by atoms with van der Waals surface area (Å²) < 4.78 is 4.89. The fraction of sp³-hybridized carbons (Fsp3) is 0.529. The lowest BCUT2D eigenvalue weighted by molar-refractivity contribution is -0.118. The first-order valence-corrected chi connectivity index (χ1v) is 9.12. The Hall–Kier alpha value is -1.57. The highest BCUT2D eigenvalue weighted by Crippen LogP contribution is 2.32. The Morgan fingerprint density at radius 3 is 2.79 bits per heavy atom. The molecule has 1 atom stereocenters. The van der Waals surface area contributed by atoms with Crippen LogP contribution in [0, 0.1) is 5.92 Å². The van der Waals surface area contributed by atoms with Gasteiger partial charge in [-0.2, -0.15) is 0 Å². The number of ether oxygens (including phenoxy) is 1. The largest absolute Gasteiger partial charge is 0.383 e. The predicted molar refractivity (Wildman–Crippen MR) is 95.1 cm³/mol. The van der Waals surface area contributed by atoms with E-state index in [-0.39, 0.29) is 23.6 Å². The molecule has 0 aromatic heterocycles. The normalized spacial score (nSPS) is 14.9. The molecular formula is C17H25N3O3S. The van der Waals surface area contributed by atoms with Crippen molar-refractivity contribution in [1.82, 2.24) is 10.6 Å². The predicted octanol–water partition coefficient (Wildman–Crippen LogP) is 1.01. The molecule has 1 aliphatic carbocycles. The summed E-state index contributed by atoms with van der Waals surface area (Å²) >= 11 is 1.36. The molecule has 0 radical (unpaired) electrons. The summed E-state index contributed by atoms with van der Waals surface area (Å²) in [4.78, 5) is 25.1. The van der Waals surface area contributed by atoms with Crippen LogP contribution in [0.5, 0.6) is 0 Å². The topological polar surface area (TPSA) is 93.4 Å². The van der Waals surface area contributed by atoms with Crippen LogP contribution < -0.4 is 16.4 Å². The monoisotopic (exact) mass is 351 g/mol. The van der Waals surface area contributed by atoms with Crippen LogP contribution in [-0.4, -0.2) is 50.4 Å². The second-order valence-corrected chi connectivity index (χ2v) is 6.80. The number of hydrogen-bond acceptors (Lipinski definition) is 5. The van der Waals surface area contributed by atoms with Crippen LogP contribution in [0.4, 0.5) is 0 Å². The molecule has 0 spiro atoms. The smallest absolute Gasteiger partial charge is 0.252 e. The number of methoxy groups -OCH3 is 1. The maximum atomic E-state index is 12.5. The highest BCUT2D eigenvalue weighted by atomic mass is 32.2. The summed E-state index contributed by atoms with van der Waals surface area (Å²) in [5.74, 6) is 0.562. The van der Waals surface area contributed by atoms with Crippen molar-refractivity contribution in [2.45, 2.75) is 23.8 Å². The van der Waals surface area contributed by atoms with Crippen LogP contribution >= 0.6 is 11.8 Å². The van der Waals surface area contributed by atoms with Crippen molar-refractivity contribution in [3.63, 3.8) is 0 Å². The minimum Gasteiger partial charge on any atom is -0.383 e. The van der Waals surface area contributed by atoms with E-state index >= 15 is 0 Å². The van der Waals surface area contributed by atoms with Gasteiger partial charge in [-0.3, -0.25) is 9.59 Å². The van der Waals surface area contributed by atoms with Crippen LogP contribution in [0.3, 0.4) is 0 Å². The van der Waals surface area contributed by atoms with Crippen LogP contribution in [0.15, 0.2) is 29.2 Å². The lowest BCUT2D eigenvalue weighted by Crippen LogP contribution is -2.41. The Balaban J connectivity index is 1.91. The lowest BCUT2D eigenvalue weighted by atomic mass is 10.1. The third-order valence-electron chi connectivity index (χ3n) is 3.88. The number of carbonyl (C=O) groups excluding carboxylic acids is 2. The second kappa shape index (κ2) is 9.66. The molecule has 1 aliphatic rings. The summed E-state index contributed by atoms with van der Waals surface area (Å²) in [6.07, 6.45) is 2.25. The number of amides is 2. The van der Waals surface area contributed by atoms with Crippen molar-refractivity contribution in [1.29, 1.82) is 0 Å². The van der Waals surface area contributed by atoms with E-state index in [9.17, 15) is 9.59 Å². The summed E-state index contributed by atoms with van der Waals surface area (Å²) in [5, 5.41) is 5.79. The van der Waals surface area contributed by atoms with Crippen molar-refractivity contribution in [2.24, 2.45) is 11.7 Å². The zero-order valence-electron chi connectivity index (χ0n) is 13.9. The van der Waals surface area contributed by atoms with Gasteiger partial charge in [0.2, 0.25) is 5.91 Å². The molecule has 4 N–H and O–H groups in total. The molecular weight excluding hydrogens is 326 g/mol. The van der Waals surface area contributed by atoms with Gasteiger partial charge in [0.15, 0.2) is 0 Å². The number of benzene rings is 1. The average Bonchev–Trinajstić information content (AvgIpc) is 3.43. The van der Waals surface area contributed by atoms with Crippen LogP contribution in [0.25, 0.3) is 0 Å². The number of thioether (sulfide) groups is 1. The van der Waals surface area contributed by atoms with Gasteiger partial charge >= 0.3 is 0 Å². The fourth-order valence-electron chi connectivity index (χ4n) is 2.38. The first-order chi connectivity index (χ1) is 11.7. The number of hydrogen-bond donors (Lipinski definition) is 3. The van der Waals surface area contributed by atoms with Crippen molar-refractivity contribution in [3.05, 3.63) is 29.8 Å². The van der Waals surface area contributed by atoms with Gasteiger partial charge in [0.25, 0.3) is 5.91 Å². The van der Waals surface area contributed by atoms with E-state index in [0.29, 0.717) is 31.2 Å². The molecule has 132 valence electrons. The third-order valence-corrected chi connectivity index (χ3v) is 4.95. The summed E-state index contributed by atoms with van der Waals surface area (Å²) in [6.45, 7) is 1.42. The SMILES string of the molecule is COCCNC(=O)CSc1ccccc1C(=O)NC(CN)C1CC1. The molecule has 1 unspecified atom stereocenters.